The van der Waals surface area contributed by atoms with Gasteiger partial charge < -0.3 is 28.4 Å². The van der Waals surface area contributed by atoms with Crippen LogP contribution in [0.1, 0.15) is 94.7 Å². The number of ether oxygens (including phenoxy) is 6. The first-order valence-corrected chi connectivity index (χ1v) is 15.7. The van der Waals surface area contributed by atoms with Crippen LogP contribution in [0.3, 0.4) is 0 Å². The summed E-state index contributed by atoms with van der Waals surface area (Å²) in [6.45, 7) is 19.5. The molecule has 0 bridgehead atoms. The van der Waals surface area contributed by atoms with E-state index in [0.717, 1.165) is 0 Å². The summed E-state index contributed by atoms with van der Waals surface area (Å²) in [5.41, 5.74) is -3.32. The molecule has 1 saturated heterocycles. The molecule has 0 amide bonds. The van der Waals surface area contributed by atoms with Crippen LogP contribution in [-0.4, -0.2) is 68.2 Å². The first-order chi connectivity index (χ1) is 21.4. The van der Waals surface area contributed by atoms with Gasteiger partial charge in [0.05, 0.1) is 34.8 Å². The van der Waals surface area contributed by atoms with Crippen LogP contribution < -0.4 is 10.1 Å². The molecule has 1 fully saturated rings. The summed E-state index contributed by atoms with van der Waals surface area (Å²) < 4.78 is 35.3. The second-order valence-corrected chi connectivity index (χ2v) is 15.8. The summed E-state index contributed by atoms with van der Waals surface area (Å²) in [6.07, 6.45) is -6.72. The van der Waals surface area contributed by atoms with Gasteiger partial charge in [0.25, 0.3) is 0 Å². The molecular formula is C35H52N2O10. The van der Waals surface area contributed by atoms with Crippen LogP contribution >= 0.6 is 0 Å². The monoisotopic (exact) mass is 660 g/mol. The highest BCUT2D eigenvalue weighted by Gasteiger charge is 2.55. The van der Waals surface area contributed by atoms with Crippen molar-refractivity contribution in [1.29, 1.82) is 5.26 Å². The average molecular weight is 661 g/mol. The van der Waals surface area contributed by atoms with E-state index < -0.39 is 88.8 Å². The van der Waals surface area contributed by atoms with Crippen LogP contribution in [0.25, 0.3) is 0 Å². The first-order valence-electron chi connectivity index (χ1n) is 15.7. The Labute approximate surface area is 278 Å². The zero-order valence-corrected chi connectivity index (χ0v) is 30.0. The van der Waals surface area contributed by atoms with Gasteiger partial charge in [0.2, 0.25) is 0 Å². The van der Waals surface area contributed by atoms with Crippen LogP contribution in [0.2, 0.25) is 0 Å². The highest BCUT2D eigenvalue weighted by molar-refractivity contribution is 5.78. The van der Waals surface area contributed by atoms with Crippen LogP contribution in [-0.2, 0) is 42.9 Å². The lowest BCUT2D eigenvalue weighted by Gasteiger charge is -2.46. The number of benzene rings is 1. The molecule has 1 heterocycles. The minimum Gasteiger partial charge on any atom is -0.497 e. The summed E-state index contributed by atoms with van der Waals surface area (Å²) in [7, 11) is 1.52. The third-order valence-corrected chi connectivity index (χ3v) is 7.10. The fraction of sp³-hybridized carbons (Fsp3) is 0.686. The zero-order valence-electron chi connectivity index (χ0n) is 30.0. The van der Waals surface area contributed by atoms with Gasteiger partial charge in [0, 0.05) is 0 Å². The Bertz CT molecular complexity index is 1310. The molecule has 1 N–H and O–H groups in total. The summed E-state index contributed by atoms with van der Waals surface area (Å²) >= 11 is 0. The number of esters is 4. The van der Waals surface area contributed by atoms with Crippen molar-refractivity contribution in [1.82, 2.24) is 5.32 Å². The van der Waals surface area contributed by atoms with Crippen molar-refractivity contribution in [2.75, 3.05) is 13.7 Å². The van der Waals surface area contributed by atoms with Gasteiger partial charge in [-0.05, 0) is 101 Å². The Morgan fingerprint density at radius 3 is 1.55 bits per heavy atom. The first kappa shape index (κ1) is 39.5. The van der Waals surface area contributed by atoms with Gasteiger partial charge in [0.15, 0.2) is 24.5 Å². The fourth-order valence-corrected chi connectivity index (χ4v) is 4.03. The third-order valence-electron chi connectivity index (χ3n) is 7.10. The van der Waals surface area contributed by atoms with E-state index in [1.165, 1.54) is 7.11 Å². The lowest BCUT2D eigenvalue weighted by Crippen LogP contribution is -2.66. The third kappa shape index (κ3) is 10.9. The molecule has 1 aliphatic rings. The van der Waals surface area contributed by atoms with Gasteiger partial charge in [-0.25, -0.2) is 0 Å². The molecular weight excluding hydrogens is 608 g/mol. The number of nitrogens with zero attached hydrogens (tertiary/aromatic N) is 1. The molecule has 1 aliphatic heterocycles. The van der Waals surface area contributed by atoms with Crippen LogP contribution in [0.15, 0.2) is 24.3 Å². The van der Waals surface area contributed by atoms with Gasteiger partial charge in [0.1, 0.15) is 24.5 Å². The fourth-order valence-electron chi connectivity index (χ4n) is 4.03. The minimum absolute atomic E-state index is 0.403. The highest BCUT2D eigenvalue weighted by Crippen LogP contribution is 2.34. The van der Waals surface area contributed by atoms with E-state index in [1.807, 2.05) is 0 Å². The molecule has 0 unspecified atom stereocenters. The zero-order chi connectivity index (χ0) is 36.1. The van der Waals surface area contributed by atoms with E-state index >= 15 is 0 Å². The quantitative estimate of drug-likeness (QED) is 0.278. The van der Waals surface area contributed by atoms with Crippen molar-refractivity contribution in [3.8, 4) is 11.8 Å². The van der Waals surface area contributed by atoms with Gasteiger partial charge in [-0.3, -0.25) is 24.5 Å². The highest BCUT2D eigenvalue weighted by atomic mass is 16.7. The van der Waals surface area contributed by atoms with Crippen molar-refractivity contribution < 1.29 is 47.6 Å². The molecule has 6 atom stereocenters. The summed E-state index contributed by atoms with van der Waals surface area (Å²) in [6, 6.07) is 7.92. The summed E-state index contributed by atoms with van der Waals surface area (Å²) in [4.78, 5) is 53.0. The Balaban J connectivity index is 2.75. The number of carbonyl (C=O) groups is 4. The largest absolute Gasteiger partial charge is 0.497 e. The van der Waals surface area contributed by atoms with Gasteiger partial charge >= 0.3 is 23.9 Å². The van der Waals surface area contributed by atoms with E-state index in [9.17, 15) is 24.4 Å². The normalized spacial score (nSPS) is 22.7. The molecule has 0 spiro atoms. The Hall–Kier alpha value is -3.69. The number of hydrogen-bond donors (Lipinski definition) is 1. The second-order valence-electron chi connectivity index (χ2n) is 15.8. The molecule has 0 aromatic heterocycles. The number of nitriles is 1. The predicted molar refractivity (Wildman–Crippen MR) is 172 cm³/mol. The standard InChI is InChI=1S/C35H52N2O10/c1-32(2,3)28(38)43-19-23-24(45-29(39)33(4,5)6)25(46-30(40)34(7,8)9)26(47-31(41)35(10,11)12)27(44-23)37-22(18-36)20-14-16-21(42-13)17-15-20/h14-17,22-27,37H,19H2,1-13H3/t22-,23-,24+,25+,26-,27-/m1/s1. The Kier molecular flexibility index (Phi) is 12.6. The number of nitrogens with one attached hydrogen (secondary N) is 1. The minimum atomic E-state index is -1.43. The van der Waals surface area contributed by atoms with Crippen LogP contribution in [0.4, 0.5) is 0 Å². The number of carbonyl (C=O) groups excluding carboxylic acids is 4. The summed E-state index contributed by atoms with van der Waals surface area (Å²) in [5.74, 6) is -1.96. The predicted octanol–water partition coefficient (Wildman–Crippen LogP) is 5.04. The maximum Gasteiger partial charge on any atom is 0.311 e. The van der Waals surface area contributed by atoms with Crippen LogP contribution in [0.5, 0.6) is 5.75 Å². The van der Waals surface area contributed by atoms with Crippen molar-refractivity contribution in [3.05, 3.63) is 29.8 Å². The number of rotatable bonds is 9. The van der Waals surface area contributed by atoms with Crippen LogP contribution in [0, 0.1) is 33.0 Å². The van der Waals surface area contributed by atoms with Gasteiger partial charge in [-0.15, -0.1) is 0 Å². The SMILES string of the molecule is COc1ccc([C@@H](C#N)N[C@@H]2O[C@H](COC(=O)C(C)(C)C)[C@H](OC(=O)C(C)(C)C)[C@H](OC(=O)C(C)(C)C)[C@H]2OC(=O)C(C)(C)C)cc1. The lowest BCUT2D eigenvalue weighted by molar-refractivity contribution is -0.265. The van der Waals surface area contributed by atoms with Gasteiger partial charge in [-0.1, -0.05) is 12.1 Å². The number of hydrogen-bond acceptors (Lipinski definition) is 12. The number of methoxy groups -OCH3 is 1. The molecule has 262 valence electrons. The topological polar surface area (TPSA) is 159 Å². The molecule has 0 aliphatic carbocycles. The van der Waals surface area contributed by atoms with Gasteiger partial charge in [-0.2, -0.15) is 5.26 Å². The molecule has 12 nitrogen and oxygen atoms in total. The maximum absolute atomic E-state index is 13.4. The van der Waals surface area contributed by atoms with E-state index in [0.29, 0.717) is 11.3 Å². The Morgan fingerprint density at radius 1 is 0.723 bits per heavy atom. The molecule has 2 rings (SSSR count). The molecule has 1 aromatic rings. The maximum atomic E-state index is 13.4. The van der Waals surface area contributed by atoms with Crippen molar-refractivity contribution in [2.24, 2.45) is 21.7 Å². The molecule has 47 heavy (non-hydrogen) atoms. The smallest absolute Gasteiger partial charge is 0.311 e. The van der Waals surface area contributed by atoms with Crippen molar-refractivity contribution >= 4 is 23.9 Å². The lowest BCUT2D eigenvalue weighted by atomic mass is 9.92. The van der Waals surface area contributed by atoms with Crippen molar-refractivity contribution in [2.45, 2.75) is 120 Å². The molecule has 1 aromatic carbocycles. The average Bonchev–Trinajstić information content (AvgIpc) is 2.95. The van der Waals surface area contributed by atoms with E-state index in [-0.39, 0.29) is 0 Å². The Morgan fingerprint density at radius 2 is 1.15 bits per heavy atom. The van der Waals surface area contributed by atoms with Crippen molar-refractivity contribution in [3.63, 3.8) is 0 Å². The van der Waals surface area contributed by atoms with E-state index in [1.54, 1.807) is 107 Å². The van der Waals surface area contributed by atoms with E-state index in [2.05, 4.69) is 11.4 Å². The van der Waals surface area contributed by atoms with E-state index in [4.69, 9.17) is 28.4 Å². The second kappa shape index (κ2) is 15.0. The molecule has 12 heteroatoms. The summed E-state index contributed by atoms with van der Waals surface area (Å²) in [5, 5.41) is 13.3. The molecule has 0 radical (unpaired) electrons. The molecule has 0 saturated carbocycles.